The average molecular weight is 652 g/mol. The highest BCUT2D eigenvalue weighted by Gasteiger charge is 2.29. The van der Waals surface area contributed by atoms with Gasteiger partial charge in [-0.2, -0.15) is 0 Å². The van der Waals surface area contributed by atoms with E-state index in [0.717, 1.165) is 77.3 Å². The smallest absolute Gasteiger partial charge is 0.149 e. The topological polar surface area (TPSA) is 50.9 Å². The van der Waals surface area contributed by atoms with Crippen LogP contribution in [0, 0.1) is 0 Å². The third kappa shape index (κ3) is 5.32. The molecule has 0 unspecified atom stereocenters. The first-order chi connectivity index (χ1) is 24.0. The summed E-state index contributed by atoms with van der Waals surface area (Å²) in [6.45, 7) is 13.1. The van der Waals surface area contributed by atoms with Gasteiger partial charge < -0.3 is 5.11 Å². The molecule has 1 N–H and O–H groups in total. The standard InChI is InChI=1S/C46H41N3O/c1-45(2,3)32-27-37(43(50)38(28-32)46(4,5)6)44-48-42-35(20-14-23-41(42)49(44)40-22-13-17-29-15-7-10-19-34(29)40)31-25-30-16-8-9-18-33(30)36(26-31)39-21-11-12-24-47-39/h7-28,50H,1-6H3. The van der Waals surface area contributed by atoms with E-state index < -0.39 is 0 Å². The Labute approximate surface area is 293 Å². The van der Waals surface area contributed by atoms with E-state index in [9.17, 15) is 5.11 Å². The van der Waals surface area contributed by atoms with Gasteiger partial charge in [-0.25, -0.2) is 4.98 Å². The van der Waals surface area contributed by atoms with Gasteiger partial charge >= 0.3 is 0 Å². The Morgan fingerprint density at radius 2 is 1.28 bits per heavy atom. The van der Waals surface area contributed by atoms with Gasteiger partial charge in [0.25, 0.3) is 0 Å². The Balaban J connectivity index is 1.49. The van der Waals surface area contributed by atoms with Crippen LogP contribution < -0.4 is 0 Å². The summed E-state index contributed by atoms with van der Waals surface area (Å²) in [5, 5.41) is 16.7. The first-order valence-corrected chi connectivity index (χ1v) is 17.3. The van der Waals surface area contributed by atoms with Gasteiger partial charge in [-0.1, -0.05) is 126 Å². The van der Waals surface area contributed by atoms with Crippen LogP contribution in [0.2, 0.25) is 0 Å². The molecule has 0 saturated carbocycles. The van der Waals surface area contributed by atoms with Gasteiger partial charge in [0.1, 0.15) is 11.6 Å². The number of hydrogen-bond acceptors (Lipinski definition) is 3. The molecule has 8 aromatic rings. The summed E-state index contributed by atoms with van der Waals surface area (Å²) < 4.78 is 2.25. The van der Waals surface area contributed by atoms with Crippen molar-refractivity contribution < 1.29 is 5.11 Å². The van der Waals surface area contributed by atoms with Crippen LogP contribution in [0.15, 0.2) is 134 Å². The fourth-order valence-electron chi connectivity index (χ4n) is 7.17. The molecule has 0 bridgehead atoms. The minimum absolute atomic E-state index is 0.142. The van der Waals surface area contributed by atoms with Crippen LogP contribution in [0.5, 0.6) is 5.75 Å². The number of rotatable bonds is 4. The summed E-state index contributed by atoms with van der Waals surface area (Å²) >= 11 is 0. The Morgan fingerprint density at radius 1 is 0.580 bits per heavy atom. The van der Waals surface area contributed by atoms with Crippen molar-refractivity contribution in [2.45, 2.75) is 52.4 Å². The van der Waals surface area contributed by atoms with Gasteiger partial charge in [0.2, 0.25) is 0 Å². The summed E-state index contributed by atoms with van der Waals surface area (Å²) in [6, 6.07) is 44.6. The van der Waals surface area contributed by atoms with E-state index in [4.69, 9.17) is 9.97 Å². The number of aromatic nitrogens is 3. The van der Waals surface area contributed by atoms with E-state index in [2.05, 4.69) is 161 Å². The summed E-state index contributed by atoms with van der Waals surface area (Å²) in [7, 11) is 0. The van der Waals surface area contributed by atoms with Crippen LogP contribution in [0.1, 0.15) is 52.7 Å². The zero-order chi connectivity index (χ0) is 34.8. The minimum atomic E-state index is -0.283. The van der Waals surface area contributed by atoms with Crippen molar-refractivity contribution in [3.05, 3.63) is 145 Å². The predicted molar refractivity (Wildman–Crippen MR) is 209 cm³/mol. The molecule has 0 spiro atoms. The number of phenolic OH excluding ortho intramolecular Hbond substituents is 1. The summed E-state index contributed by atoms with van der Waals surface area (Å²) in [5.74, 6) is 0.982. The Bertz CT molecular complexity index is 2560. The molecule has 0 aliphatic heterocycles. The van der Waals surface area contributed by atoms with E-state index in [0.29, 0.717) is 5.82 Å². The van der Waals surface area contributed by atoms with Crippen molar-refractivity contribution in [1.82, 2.24) is 14.5 Å². The van der Waals surface area contributed by atoms with Gasteiger partial charge in [-0.05, 0) is 80.6 Å². The molecule has 0 saturated heterocycles. The van der Waals surface area contributed by atoms with Gasteiger partial charge in [0.05, 0.1) is 28.0 Å². The third-order valence-electron chi connectivity index (χ3n) is 9.83. The third-order valence-corrected chi connectivity index (χ3v) is 9.83. The fraction of sp³-hybridized carbons (Fsp3) is 0.174. The summed E-state index contributed by atoms with van der Waals surface area (Å²) in [6.07, 6.45) is 1.85. The maximum Gasteiger partial charge on any atom is 0.149 e. The Kier molecular flexibility index (Phi) is 7.38. The van der Waals surface area contributed by atoms with E-state index in [1.807, 2.05) is 18.3 Å². The van der Waals surface area contributed by atoms with Crippen molar-refractivity contribution >= 4 is 32.6 Å². The zero-order valence-electron chi connectivity index (χ0n) is 29.5. The van der Waals surface area contributed by atoms with Crippen molar-refractivity contribution in [2.24, 2.45) is 0 Å². The molecule has 0 amide bonds. The predicted octanol–water partition coefficient (Wildman–Crippen LogP) is 12.0. The first-order valence-electron chi connectivity index (χ1n) is 17.3. The molecular formula is C46H41N3O. The van der Waals surface area contributed by atoms with Gasteiger partial charge in [0, 0.05) is 28.3 Å². The monoisotopic (exact) mass is 651 g/mol. The van der Waals surface area contributed by atoms with Crippen molar-refractivity contribution in [2.75, 3.05) is 0 Å². The number of para-hydroxylation sites is 1. The quantitative estimate of drug-likeness (QED) is 0.206. The second kappa shape index (κ2) is 11.7. The largest absolute Gasteiger partial charge is 0.507 e. The minimum Gasteiger partial charge on any atom is -0.507 e. The fourth-order valence-corrected chi connectivity index (χ4v) is 7.17. The van der Waals surface area contributed by atoms with Crippen LogP contribution in [0.25, 0.3) is 72.0 Å². The highest BCUT2D eigenvalue weighted by atomic mass is 16.3. The number of phenols is 1. The lowest BCUT2D eigenvalue weighted by atomic mass is 9.79. The van der Waals surface area contributed by atoms with Crippen LogP contribution in [0.3, 0.4) is 0 Å². The van der Waals surface area contributed by atoms with Crippen LogP contribution in [0.4, 0.5) is 0 Å². The molecule has 4 nitrogen and oxygen atoms in total. The van der Waals surface area contributed by atoms with Gasteiger partial charge in [-0.3, -0.25) is 9.55 Å². The molecule has 50 heavy (non-hydrogen) atoms. The first kappa shape index (κ1) is 31.5. The molecule has 4 heteroatoms. The van der Waals surface area contributed by atoms with E-state index >= 15 is 0 Å². The van der Waals surface area contributed by atoms with Crippen LogP contribution >= 0.6 is 0 Å². The number of hydrogen-bond donors (Lipinski definition) is 1. The van der Waals surface area contributed by atoms with E-state index in [-0.39, 0.29) is 16.6 Å². The molecule has 246 valence electrons. The molecule has 6 aromatic carbocycles. The molecule has 0 radical (unpaired) electrons. The maximum absolute atomic E-state index is 12.2. The molecule has 0 aliphatic carbocycles. The van der Waals surface area contributed by atoms with Crippen LogP contribution in [-0.2, 0) is 10.8 Å². The number of imidazole rings is 1. The molecule has 2 aromatic heterocycles. The Morgan fingerprint density at radius 3 is 2.02 bits per heavy atom. The highest BCUT2D eigenvalue weighted by molar-refractivity contribution is 6.04. The van der Waals surface area contributed by atoms with Crippen molar-refractivity contribution in [3.63, 3.8) is 0 Å². The SMILES string of the molecule is CC(C)(C)c1cc(-c2nc3c(-c4cc(-c5ccccn5)c5ccccc5c4)cccc3n2-c2cccc3ccccc23)c(O)c(C(C)(C)C)c1. The second-order valence-corrected chi connectivity index (χ2v) is 15.3. The normalized spacial score (nSPS) is 12.3. The second-order valence-electron chi connectivity index (χ2n) is 15.3. The lowest BCUT2D eigenvalue weighted by molar-refractivity contribution is 0.446. The number of aromatic hydroxyl groups is 1. The number of nitrogens with zero attached hydrogens (tertiary/aromatic N) is 3. The molecule has 0 atom stereocenters. The van der Waals surface area contributed by atoms with Gasteiger partial charge in [0.15, 0.2) is 0 Å². The van der Waals surface area contributed by atoms with E-state index in [1.165, 1.54) is 0 Å². The maximum atomic E-state index is 12.2. The average Bonchev–Trinajstić information content (AvgIpc) is 3.49. The molecule has 0 aliphatic rings. The highest BCUT2D eigenvalue weighted by Crippen LogP contribution is 2.45. The summed E-state index contributed by atoms with van der Waals surface area (Å²) in [5.41, 5.74) is 9.31. The number of benzene rings is 6. The molecule has 0 fully saturated rings. The van der Waals surface area contributed by atoms with Gasteiger partial charge in [-0.15, -0.1) is 0 Å². The Hall–Kier alpha value is -5.74. The lowest BCUT2D eigenvalue weighted by Gasteiger charge is -2.27. The summed E-state index contributed by atoms with van der Waals surface area (Å²) in [4.78, 5) is 10.3. The lowest BCUT2D eigenvalue weighted by Crippen LogP contribution is -2.17. The molecular weight excluding hydrogens is 611 g/mol. The van der Waals surface area contributed by atoms with E-state index in [1.54, 1.807) is 0 Å². The molecule has 8 rings (SSSR count). The zero-order valence-corrected chi connectivity index (χ0v) is 29.5. The molecule has 2 heterocycles. The van der Waals surface area contributed by atoms with Crippen molar-refractivity contribution in [1.29, 1.82) is 0 Å². The number of fused-ring (bicyclic) bond motifs is 3. The number of pyridine rings is 1. The van der Waals surface area contributed by atoms with Crippen molar-refractivity contribution in [3.8, 4) is 45.2 Å². The van der Waals surface area contributed by atoms with Crippen LogP contribution in [-0.4, -0.2) is 19.6 Å².